The summed E-state index contributed by atoms with van der Waals surface area (Å²) in [5.41, 5.74) is 3.57. The predicted molar refractivity (Wildman–Crippen MR) is 77.9 cm³/mol. The molecule has 20 heavy (non-hydrogen) atoms. The summed E-state index contributed by atoms with van der Waals surface area (Å²) < 4.78 is 5.78. The Balaban J connectivity index is 1.86. The van der Waals surface area contributed by atoms with Crippen molar-refractivity contribution in [3.05, 3.63) is 58.9 Å². The largest absolute Gasteiger partial charge is 0.490 e. The Bertz CT molecular complexity index is 600. The zero-order valence-electron chi connectivity index (χ0n) is 11.8. The zero-order valence-corrected chi connectivity index (χ0v) is 11.8. The quantitative estimate of drug-likeness (QED) is 0.925. The molecule has 0 spiro atoms. The minimum atomic E-state index is -0.641. The van der Waals surface area contributed by atoms with Gasteiger partial charge in [-0.15, -0.1) is 0 Å². The van der Waals surface area contributed by atoms with Crippen LogP contribution in [-0.4, -0.2) is 16.2 Å². The van der Waals surface area contributed by atoms with Gasteiger partial charge < -0.3 is 9.84 Å². The molecular weight excluding hydrogens is 250 g/mol. The molecule has 3 rings (SSSR count). The highest BCUT2D eigenvalue weighted by Gasteiger charge is 2.23. The van der Waals surface area contributed by atoms with Crippen LogP contribution in [0.1, 0.15) is 41.5 Å². The van der Waals surface area contributed by atoms with Gasteiger partial charge in [0.05, 0.1) is 6.10 Å². The lowest BCUT2D eigenvalue weighted by Crippen LogP contribution is -2.03. The number of aliphatic hydroxyl groups excluding tert-OH is 1. The van der Waals surface area contributed by atoms with Crippen molar-refractivity contribution in [2.75, 3.05) is 0 Å². The Kier molecular flexibility index (Phi) is 3.45. The summed E-state index contributed by atoms with van der Waals surface area (Å²) in [4.78, 5) is 4.34. The maximum Gasteiger partial charge on any atom is 0.120 e. The van der Waals surface area contributed by atoms with Crippen LogP contribution in [0.2, 0.25) is 0 Å². The van der Waals surface area contributed by atoms with E-state index in [9.17, 15) is 5.11 Å². The predicted octanol–water partition coefficient (Wildman–Crippen LogP) is 3.32. The van der Waals surface area contributed by atoms with E-state index < -0.39 is 6.10 Å². The van der Waals surface area contributed by atoms with Gasteiger partial charge in [-0.2, -0.15) is 0 Å². The Morgan fingerprint density at radius 3 is 2.45 bits per heavy atom. The lowest BCUT2D eigenvalue weighted by molar-refractivity contribution is 0.219. The van der Waals surface area contributed by atoms with E-state index in [2.05, 4.69) is 4.98 Å². The third kappa shape index (κ3) is 2.99. The highest BCUT2D eigenvalue weighted by atomic mass is 16.5. The summed E-state index contributed by atoms with van der Waals surface area (Å²) in [6.45, 7) is 3.88. The van der Waals surface area contributed by atoms with E-state index in [4.69, 9.17) is 4.74 Å². The average Bonchev–Trinajstić information content (AvgIpc) is 3.21. The van der Waals surface area contributed by atoms with Gasteiger partial charge in [-0.25, -0.2) is 0 Å². The van der Waals surface area contributed by atoms with Crippen molar-refractivity contribution in [1.29, 1.82) is 0 Å². The normalized spacial score (nSPS) is 15.9. The molecule has 1 aromatic heterocycles. The molecule has 1 aromatic carbocycles. The Morgan fingerprint density at radius 1 is 1.10 bits per heavy atom. The van der Waals surface area contributed by atoms with Crippen LogP contribution in [0.15, 0.2) is 36.4 Å². The molecule has 3 nitrogen and oxygen atoms in total. The molecule has 1 atom stereocenters. The Morgan fingerprint density at radius 2 is 1.80 bits per heavy atom. The number of aliphatic hydroxyl groups is 1. The topological polar surface area (TPSA) is 42.4 Å². The maximum atomic E-state index is 10.5. The van der Waals surface area contributed by atoms with E-state index in [0.29, 0.717) is 6.10 Å². The molecule has 1 saturated carbocycles. The fourth-order valence-corrected chi connectivity index (χ4v) is 2.35. The number of hydrogen-bond donors (Lipinski definition) is 1. The molecule has 104 valence electrons. The smallest absolute Gasteiger partial charge is 0.120 e. The summed E-state index contributed by atoms with van der Waals surface area (Å²) in [5, 5.41) is 10.5. The highest BCUT2D eigenvalue weighted by molar-refractivity contribution is 5.36. The van der Waals surface area contributed by atoms with Gasteiger partial charge >= 0.3 is 0 Å². The van der Waals surface area contributed by atoms with Crippen molar-refractivity contribution in [2.45, 2.75) is 38.9 Å². The molecule has 1 unspecified atom stereocenters. The molecular formula is C17H19NO2. The van der Waals surface area contributed by atoms with E-state index in [0.717, 1.165) is 41.1 Å². The number of hydrogen-bond acceptors (Lipinski definition) is 3. The van der Waals surface area contributed by atoms with Crippen LogP contribution in [-0.2, 0) is 0 Å². The number of ether oxygens (including phenoxy) is 1. The molecule has 0 bridgehead atoms. The summed E-state index contributed by atoms with van der Waals surface area (Å²) in [6, 6.07) is 11.6. The summed E-state index contributed by atoms with van der Waals surface area (Å²) in [6.07, 6.45) is 2.00. The molecule has 0 saturated heterocycles. The summed E-state index contributed by atoms with van der Waals surface area (Å²) >= 11 is 0. The SMILES string of the molecule is Cc1cc(C(O)c2cccc(OC3CC3)c2)cc(C)n1. The van der Waals surface area contributed by atoms with Crippen molar-refractivity contribution in [3.8, 4) is 5.75 Å². The van der Waals surface area contributed by atoms with Gasteiger partial charge in [0.15, 0.2) is 0 Å². The van der Waals surface area contributed by atoms with Gasteiger partial charge in [-0.3, -0.25) is 4.98 Å². The molecule has 1 aliphatic carbocycles. The lowest BCUT2D eigenvalue weighted by Gasteiger charge is -2.14. The average molecular weight is 269 g/mol. The van der Waals surface area contributed by atoms with Gasteiger partial charge in [0.2, 0.25) is 0 Å². The van der Waals surface area contributed by atoms with Crippen LogP contribution in [0, 0.1) is 13.8 Å². The molecule has 0 radical (unpaired) electrons. The van der Waals surface area contributed by atoms with Gasteiger partial charge in [-0.1, -0.05) is 12.1 Å². The second-order valence-electron chi connectivity index (χ2n) is 5.48. The molecule has 0 amide bonds. The second-order valence-corrected chi connectivity index (χ2v) is 5.48. The fraction of sp³-hybridized carbons (Fsp3) is 0.353. The first-order valence-electron chi connectivity index (χ1n) is 7.02. The number of benzene rings is 1. The van der Waals surface area contributed by atoms with Crippen molar-refractivity contribution >= 4 is 0 Å². The number of nitrogens with zero attached hydrogens (tertiary/aromatic N) is 1. The van der Waals surface area contributed by atoms with Crippen LogP contribution in [0.4, 0.5) is 0 Å². The Hall–Kier alpha value is -1.87. The van der Waals surface area contributed by atoms with Crippen LogP contribution in [0.25, 0.3) is 0 Å². The van der Waals surface area contributed by atoms with Gasteiger partial charge in [0.1, 0.15) is 11.9 Å². The third-order valence-electron chi connectivity index (χ3n) is 3.42. The minimum Gasteiger partial charge on any atom is -0.490 e. The molecule has 1 heterocycles. The van der Waals surface area contributed by atoms with E-state index in [1.807, 2.05) is 50.2 Å². The molecule has 1 N–H and O–H groups in total. The van der Waals surface area contributed by atoms with Crippen LogP contribution in [0.3, 0.4) is 0 Å². The van der Waals surface area contributed by atoms with Gasteiger partial charge in [-0.05, 0) is 62.1 Å². The van der Waals surface area contributed by atoms with E-state index >= 15 is 0 Å². The standard InChI is InChI=1S/C17H19NO2/c1-11-8-14(9-12(2)18-11)17(19)13-4-3-5-16(10-13)20-15-6-7-15/h3-5,8-10,15,17,19H,6-7H2,1-2H3. The van der Waals surface area contributed by atoms with Crippen LogP contribution in [0.5, 0.6) is 5.75 Å². The monoisotopic (exact) mass is 269 g/mol. The molecule has 2 aromatic rings. The van der Waals surface area contributed by atoms with Gasteiger partial charge in [0, 0.05) is 11.4 Å². The lowest BCUT2D eigenvalue weighted by atomic mass is 10.0. The fourth-order valence-electron chi connectivity index (χ4n) is 2.35. The second kappa shape index (κ2) is 5.25. The first-order valence-corrected chi connectivity index (χ1v) is 7.02. The van der Waals surface area contributed by atoms with Crippen molar-refractivity contribution in [3.63, 3.8) is 0 Å². The van der Waals surface area contributed by atoms with Gasteiger partial charge in [0.25, 0.3) is 0 Å². The minimum absolute atomic E-state index is 0.368. The summed E-state index contributed by atoms with van der Waals surface area (Å²) in [5.74, 6) is 0.839. The van der Waals surface area contributed by atoms with Crippen molar-refractivity contribution in [1.82, 2.24) is 4.98 Å². The van der Waals surface area contributed by atoms with Crippen LogP contribution >= 0.6 is 0 Å². The zero-order chi connectivity index (χ0) is 14.1. The number of pyridine rings is 1. The van der Waals surface area contributed by atoms with Crippen molar-refractivity contribution < 1.29 is 9.84 Å². The molecule has 1 fully saturated rings. The summed E-state index contributed by atoms with van der Waals surface area (Å²) in [7, 11) is 0. The number of rotatable bonds is 4. The third-order valence-corrected chi connectivity index (χ3v) is 3.42. The maximum absolute atomic E-state index is 10.5. The molecule has 0 aliphatic heterocycles. The molecule has 3 heteroatoms. The first-order chi connectivity index (χ1) is 9.61. The number of aryl methyl sites for hydroxylation is 2. The first kappa shape index (κ1) is 13.1. The van der Waals surface area contributed by atoms with Crippen LogP contribution < -0.4 is 4.74 Å². The van der Waals surface area contributed by atoms with E-state index in [1.54, 1.807) is 0 Å². The van der Waals surface area contributed by atoms with E-state index in [-0.39, 0.29) is 0 Å². The number of aromatic nitrogens is 1. The Labute approximate surface area is 119 Å². The van der Waals surface area contributed by atoms with E-state index in [1.165, 1.54) is 0 Å². The molecule has 1 aliphatic rings. The highest BCUT2D eigenvalue weighted by Crippen LogP contribution is 2.30. The van der Waals surface area contributed by atoms with Crippen molar-refractivity contribution in [2.24, 2.45) is 0 Å².